The minimum absolute atomic E-state index is 0. The van der Waals surface area contributed by atoms with Gasteiger partial charge in [0.2, 0.25) is 0 Å². The van der Waals surface area contributed by atoms with Crippen LogP contribution in [0.15, 0.2) is 92.0 Å². The third-order valence-corrected chi connectivity index (χ3v) is 8.39. The zero-order valence-corrected chi connectivity index (χ0v) is 31.3. The second kappa shape index (κ2) is 12.9. The molecule has 2 aromatic carbocycles. The fraction of sp³-hybridized carbons (Fsp3) is 0.111. The summed E-state index contributed by atoms with van der Waals surface area (Å²) in [6.07, 6.45) is 23.3. The van der Waals surface area contributed by atoms with Gasteiger partial charge in [-0.2, -0.15) is 0 Å². The zero-order valence-electron chi connectivity index (χ0n) is 26.8. The van der Waals surface area contributed by atoms with E-state index in [1.165, 1.54) is 0 Å². The van der Waals surface area contributed by atoms with E-state index in [2.05, 4.69) is 44.5 Å². The molecule has 0 bridgehead atoms. The number of aryl methyl sites for hydroxylation is 4. The number of benzene rings is 2. The van der Waals surface area contributed by atoms with Gasteiger partial charge < -0.3 is 45.9 Å². The summed E-state index contributed by atoms with van der Waals surface area (Å²) in [7, 11) is 7.71. The number of aromatic nitrogens is 8. The van der Waals surface area contributed by atoms with Gasteiger partial charge in [0.25, 0.3) is 0 Å². The van der Waals surface area contributed by atoms with Crippen LogP contribution in [0.5, 0.6) is 0 Å². The topological polar surface area (TPSA) is 124 Å². The van der Waals surface area contributed by atoms with Crippen molar-refractivity contribution in [2.24, 2.45) is 28.2 Å². The van der Waals surface area contributed by atoms with E-state index in [1.54, 1.807) is 49.8 Å². The summed E-state index contributed by atoms with van der Waals surface area (Å²) in [5.74, 6) is 4.43. The van der Waals surface area contributed by atoms with Gasteiger partial charge in [-0.1, -0.05) is 56.8 Å². The summed E-state index contributed by atoms with van der Waals surface area (Å²) >= 11 is 0. The molecule has 0 aliphatic rings. The monoisotopic (exact) mass is 1020 g/mol. The predicted molar refractivity (Wildman–Crippen MR) is 176 cm³/mol. The number of fused-ring (bicyclic) bond motifs is 4. The van der Waals surface area contributed by atoms with E-state index in [0.717, 1.165) is 66.3 Å². The van der Waals surface area contributed by atoms with Crippen LogP contribution in [0, 0.1) is 24.5 Å². The van der Waals surface area contributed by atoms with Crippen molar-refractivity contribution < 1.29 is 59.8 Å². The average molecular weight is 1020 g/mol. The zero-order chi connectivity index (χ0) is 32.5. The number of hydrogen-bond donors (Lipinski definition) is 0. The van der Waals surface area contributed by atoms with Crippen molar-refractivity contribution in [1.82, 2.24) is 38.2 Å². The third kappa shape index (κ3) is 5.30. The second-order valence-corrected chi connectivity index (χ2v) is 11.4. The van der Waals surface area contributed by atoms with Gasteiger partial charge in [0.15, 0.2) is 0 Å². The minimum atomic E-state index is 0. The molecule has 0 radical (unpaired) electrons. The van der Waals surface area contributed by atoms with Gasteiger partial charge in [-0.3, -0.25) is 0 Å². The SMILES string of the molecule is Cn1c[c-]nc1-c1occ2cc3occ(-c4nccn4C)c3[c-]c12.Cn1c[c-]nc1-c1occ2cc3occ(-c4nccn4C)c3[c-]c12.[Pt+2].[Pt+2]. The standard InChI is InChI=1S/2C18H12N4O2.2Pt/c2*1-21-5-3-19-17(21)14-10-23-15-7-11-9-24-16(12(11)8-13(14)15)18-20-4-6-22(18)2;;/h2*3,5-7,9-10H,1-2H3;;/q2*-2;2*+2. The Morgan fingerprint density at radius 3 is 1.32 bits per heavy atom. The molecule has 12 nitrogen and oxygen atoms in total. The number of hydrogen-bond acceptors (Lipinski definition) is 8. The molecule has 0 saturated carbocycles. The van der Waals surface area contributed by atoms with E-state index in [4.69, 9.17) is 17.7 Å². The van der Waals surface area contributed by atoms with Crippen LogP contribution in [-0.4, -0.2) is 38.2 Å². The maximum atomic E-state index is 5.74. The van der Waals surface area contributed by atoms with E-state index in [-0.39, 0.29) is 42.1 Å². The Labute approximate surface area is 312 Å². The molecule has 0 unspecified atom stereocenters. The molecule has 10 aromatic rings. The molecule has 0 amide bonds. The van der Waals surface area contributed by atoms with Gasteiger partial charge >= 0.3 is 42.1 Å². The first-order valence-corrected chi connectivity index (χ1v) is 14.9. The van der Waals surface area contributed by atoms with E-state index in [0.29, 0.717) is 23.2 Å². The Morgan fingerprint density at radius 1 is 0.520 bits per heavy atom. The molecule has 50 heavy (non-hydrogen) atoms. The maximum Gasteiger partial charge on any atom is 2.00 e. The second-order valence-electron chi connectivity index (χ2n) is 11.4. The molecular formula is C36H24N8O4Pt2. The van der Waals surface area contributed by atoms with Crippen molar-refractivity contribution in [2.75, 3.05) is 0 Å². The molecule has 0 aliphatic heterocycles. The predicted octanol–water partition coefficient (Wildman–Crippen LogP) is 7.16. The van der Waals surface area contributed by atoms with Gasteiger partial charge in [-0.25, -0.2) is 9.97 Å². The first-order chi connectivity index (χ1) is 23.4. The number of nitrogens with zero attached hydrogens (tertiary/aromatic N) is 8. The van der Waals surface area contributed by atoms with Crippen LogP contribution in [0.3, 0.4) is 0 Å². The van der Waals surface area contributed by atoms with Crippen molar-refractivity contribution in [2.45, 2.75) is 0 Å². The molecular weight excluding hydrogens is 999 g/mol. The molecule has 0 saturated heterocycles. The van der Waals surface area contributed by atoms with Crippen LogP contribution in [0.1, 0.15) is 0 Å². The van der Waals surface area contributed by atoms with Crippen molar-refractivity contribution in [3.8, 4) is 45.9 Å². The maximum absolute atomic E-state index is 5.74. The van der Waals surface area contributed by atoms with Gasteiger partial charge in [0.1, 0.15) is 11.6 Å². The molecule has 0 fully saturated rings. The van der Waals surface area contributed by atoms with E-state index < -0.39 is 0 Å². The van der Waals surface area contributed by atoms with Crippen LogP contribution < -0.4 is 0 Å². The summed E-state index contributed by atoms with van der Waals surface area (Å²) in [4.78, 5) is 17.3. The first-order valence-electron chi connectivity index (χ1n) is 14.9. The number of rotatable bonds is 4. The summed E-state index contributed by atoms with van der Waals surface area (Å²) in [6, 6.07) is 10.8. The Bertz CT molecular complexity index is 2400. The van der Waals surface area contributed by atoms with Crippen molar-refractivity contribution in [3.05, 3.63) is 98.9 Å². The quantitative estimate of drug-likeness (QED) is 0.171. The molecule has 8 heterocycles. The summed E-state index contributed by atoms with van der Waals surface area (Å²) in [5, 5.41) is 5.31. The van der Waals surface area contributed by atoms with Crippen molar-refractivity contribution in [1.29, 1.82) is 0 Å². The van der Waals surface area contributed by atoms with Gasteiger partial charge in [-0.05, 0) is 36.9 Å². The third-order valence-electron chi connectivity index (χ3n) is 8.39. The van der Waals surface area contributed by atoms with E-state index >= 15 is 0 Å². The first kappa shape index (κ1) is 33.3. The number of furan rings is 4. The normalized spacial score (nSPS) is 11.3. The summed E-state index contributed by atoms with van der Waals surface area (Å²) < 4.78 is 30.5. The van der Waals surface area contributed by atoms with Gasteiger partial charge in [-0.15, -0.1) is 24.5 Å². The Hall–Kier alpha value is -5.18. The van der Waals surface area contributed by atoms with Crippen LogP contribution in [0.4, 0.5) is 0 Å². The Balaban J connectivity index is 0.000000151. The average Bonchev–Trinajstić information content (AvgIpc) is 3.92. The Morgan fingerprint density at radius 2 is 0.960 bits per heavy atom. The molecule has 8 aromatic heterocycles. The van der Waals surface area contributed by atoms with Crippen LogP contribution in [-0.2, 0) is 70.3 Å². The number of imidazole rings is 4. The molecule has 252 valence electrons. The smallest absolute Gasteiger partial charge is 0.522 e. The van der Waals surface area contributed by atoms with Crippen LogP contribution in [0.2, 0.25) is 0 Å². The van der Waals surface area contributed by atoms with Crippen LogP contribution in [0.25, 0.3) is 89.4 Å². The van der Waals surface area contributed by atoms with E-state index in [1.807, 2.05) is 71.0 Å². The molecule has 0 spiro atoms. The molecule has 0 N–H and O–H groups in total. The fourth-order valence-corrected chi connectivity index (χ4v) is 5.93. The Kier molecular flexibility index (Phi) is 8.62. The summed E-state index contributed by atoms with van der Waals surface area (Å²) in [6.45, 7) is 0. The van der Waals surface area contributed by atoms with Crippen LogP contribution >= 0.6 is 0 Å². The molecule has 0 atom stereocenters. The molecule has 10 rings (SSSR count). The fourth-order valence-electron chi connectivity index (χ4n) is 5.93. The van der Waals surface area contributed by atoms with Crippen molar-refractivity contribution >= 4 is 43.5 Å². The molecule has 14 heteroatoms. The van der Waals surface area contributed by atoms with Crippen molar-refractivity contribution in [3.63, 3.8) is 0 Å². The van der Waals surface area contributed by atoms with E-state index in [9.17, 15) is 0 Å². The summed E-state index contributed by atoms with van der Waals surface area (Å²) in [5.41, 5.74) is 3.30. The minimum Gasteiger partial charge on any atom is -0.522 e. The molecule has 0 aliphatic carbocycles. The largest absolute Gasteiger partial charge is 2.00 e. The van der Waals surface area contributed by atoms with Gasteiger partial charge in [0, 0.05) is 50.4 Å². The van der Waals surface area contributed by atoms with Gasteiger partial charge in [0.05, 0.1) is 36.2 Å².